The molecule has 4 aromatic rings. The summed E-state index contributed by atoms with van der Waals surface area (Å²) in [6, 6.07) is 25.1. The second-order valence-electron chi connectivity index (χ2n) is 7.78. The average molecular weight is 441 g/mol. The van der Waals surface area contributed by atoms with Gasteiger partial charge in [-0.25, -0.2) is 4.99 Å². The Morgan fingerprint density at radius 3 is 2.39 bits per heavy atom. The Balaban J connectivity index is 1.77. The minimum absolute atomic E-state index is 0.0633. The van der Waals surface area contributed by atoms with Crippen molar-refractivity contribution in [1.82, 2.24) is 4.98 Å². The van der Waals surface area contributed by atoms with Gasteiger partial charge in [0.2, 0.25) is 5.91 Å². The Kier molecular flexibility index (Phi) is 6.86. The highest BCUT2D eigenvalue weighted by Gasteiger charge is 2.18. The third-order valence-corrected chi connectivity index (χ3v) is 5.56. The molecule has 3 aromatic carbocycles. The van der Waals surface area contributed by atoms with Gasteiger partial charge in [0.05, 0.1) is 17.0 Å². The van der Waals surface area contributed by atoms with Gasteiger partial charge in [0.15, 0.2) is 5.88 Å². The minimum atomic E-state index is 0.0633. The molecule has 0 bridgehead atoms. The van der Waals surface area contributed by atoms with Crippen LogP contribution in [0.1, 0.15) is 30.9 Å². The van der Waals surface area contributed by atoms with Crippen molar-refractivity contribution < 1.29 is 9.90 Å². The van der Waals surface area contributed by atoms with Gasteiger partial charge in [-0.3, -0.25) is 4.79 Å². The Bertz CT molecular complexity index is 1260. The lowest BCUT2D eigenvalue weighted by Gasteiger charge is -2.22. The number of anilines is 1. The number of nitrogens with one attached hydrogen (secondary N) is 1. The van der Waals surface area contributed by atoms with Gasteiger partial charge in [-0.2, -0.15) is 0 Å². The molecule has 0 saturated heterocycles. The van der Waals surface area contributed by atoms with E-state index >= 15 is 0 Å². The zero-order chi connectivity index (χ0) is 23.2. The fourth-order valence-corrected chi connectivity index (χ4v) is 3.90. The molecule has 0 aliphatic rings. The maximum atomic E-state index is 12.4. The van der Waals surface area contributed by atoms with E-state index in [4.69, 9.17) is 10.7 Å². The molecule has 4 rings (SSSR count). The number of H-pyrrole nitrogens is 1. The predicted octanol–water partition coefficient (Wildman–Crippen LogP) is 5.13. The molecule has 1 heterocycles. The minimum Gasteiger partial charge on any atom is -0.494 e. The van der Waals surface area contributed by atoms with Gasteiger partial charge >= 0.3 is 0 Å². The van der Waals surface area contributed by atoms with Gasteiger partial charge in [-0.15, -0.1) is 0 Å². The van der Waals surface area contributed by atoms with E-state index in [-0.39, 0.29) is 11.8 Å². The number of aliphatic imine (C=N–C) groups is 1. The maximum Gasteiger partial charge on any atom is 0.226 e. The summed E-state index contributed by atoms with van der Waals surface area (Å²) in [6.45, 7) is 2.98. The zero-order valence-corrected chi connectivity index (χ0v) is 18.7. The first-order chi connectivity index (χ1) is 16.1. The van der Waals surface area contributed by atoms with E-state index in [1.807, 2.05) is 85.8 Å². The fraction of sp³-hybridized carbons (Fsp3) is 0.185. The van der Waals surface area contributed by atoms with Crippen molar-refractivity contribution in [3.8, 4) is 5.88 Å². The lowest BCUT2D eigenvalue weighted by atomic mass is 10.0. The summed E-state index contributed by atoms with van der Waals surface area (Å²) < 4.78 is 0. The zero-order valence-electron chi connectivity index (χ0n) is 18.7. The predicted molar refractivity (Wildman–Crippen MR) is 134 cm³/mol. The number of nitrogens with zero attached hydrogens (tertiary/aromatic N) is 2. The number of carbonyl (C=O) groups is 1. The van der Waals surface area contributed by atoms with Gasteiger partial charge in [0.25, 0.3) is 0 Å². The monoisotopic (exact) mass is 440 g/mol. The number of para-hydroxylation sites is 1. The molecule has 1 aromatic heterocycles. The van der Waals surface area contributed by atoms with E-state index in [1.165, 1.54) is 0 Å². The molecule has 6 heteroatoms. The SMILES string of the molecule is CCC(=O)N(CCCN)c1ccc(N=C(c2ccccc2)c2c(O)[nH]c3ccccc23)cc1. The second kappa shape index (κ2) is 10.1. The normalized spacial score (nSPS) is 11.6. The third kappa shape index (κ3) is 4.81. The fourth-order valence-electron chi connectivity index (χ4n) is 3.90. The van der Waals surface area contributed by atoms with Crippen molar-refractivity contribution in [3.63, 3.8) is 0 Å². The van der Waals surface area contributed by atoms with Crippen molar-refractivity contribution in [1.29, 1.82) is 0 Å². The Labute approximate surface area is 193 Å². The topological polar surface area (TPSA) is 94.7 Å². The summed E-state index contributed by atoms with van der Waals surface area (Å²) in [7, 11) is 0. The maximum absolute atomic E-state index is 12.4. The Morgan fingerprint density at radius 2 is 1.70 bits per heavy atom. The van der Waals surface area contributed by atoms with E-state index < -0.39 is 0 Å². The van der Waals surface area contributed by atoms with Crippen LogP contribution in [-0.2, 0) is 4.79 Å². The molecule has 0 spiro atoms. The summed E-state index contributed by atoms with van der Waals surface area (Å²) >= 11 is 0. The number of aromatic amines is 1. The molecule has 1 amide bonds. The number of nitrogens with two attached hydrogens (primary N) is 1. The van der Waals surface area contributed by atoms with Gasteiger partial charge in [-0.05, 0) is 43.3 Å². The van der Waals surface area contributed by atoms with E-state index in [0.717, 1.165) is 34.3 Å². The molecule has 0 saturated carbocycles. The van der Waals surface area contributed by atoms with Crippen LogP contribution in [0.3, 0.4) is 0 Å². The second-order valence-corrected chi connectivity index (χ2v) is 7.78. The third-order valence-electron chi connectivity index (χ3n) is 5.56. The van der Waals surface area contributed by atoms with Gasteiger partial charge in [-0.1, -0.05) is 55.5 Å². The molecule has 6 nitrogen and oxygen atoms in total. The number of aromatic hydroxyl groups is 1. The number of hydrogen-bond donors (Lipinski definition) is 3. The van der Waals surface area contributed by atoms with Crippen molar-refractivity contribution in [2.45, 2.75) is 19.8 Å². The molecule has 0 aliphatic carbocycles. The molecule has 4 N–H and O–H groups in total. The average Bonchev–Trinajstić information content (AvgIpc) is 3.19. The number of hydrogen-bond acceptors (Lipinski definition) is 4. The summed E-state index contributed by atoms with van der Waals surface area (Å²) in [5.74, 6) is 0.144. The van der Waals surface area contributed by atoms with Crippen LogP contribution in [0.25, 0.3) is 10.9 Å². The molecule has 0 atom stereocenters. The van der Waals surface area contributed by atoms with Gasteiger partial charge < -0.3 is 20.7 Å². The first kappa shape index (κ1) is 22.3. The number of benzene rings is 3. The lowest BCUT2D eigenvalue weighted by Crippen LogP contribution is -2.32. The standard InChI is InChI=1S/C27H28N4O2/c1-2-24(32)31(18-8-17-28)21-15-13-20(14-16-21)29-26(19-9-4-3-5-10-19)25-22-11-6-7-12-23(22)30-27(25)33/h3-7,9-16,30,33H,2,8,17-18,28H2,1H3. The number of aromatic nitrogens is 1. The van der Waals surface area contributed by atoms with Gasteiger partial charge in [0, 0.05) is 35.1 Å². The lowest BCUT2D eigenvalue weighted by molar-refractivity contribution is -0.118. The molecular weight excluding hydrogens is 412 g/mol. The largest absolute Gasteiger partial charge is 0.494 e. The van der Waals surface area contributed by atoms with Crippen LogP contribution in [0.5, 0.6) is 5.88 Å². The molecule has 0 aliphatic heterocycles. The summed E-state index contributed by atoms with van der Waals surface area (Å²) in [5, 5.41) is 11.6. The van der Waals surface area contributed by atoms with Crippen LogP contribution in [0.2, 0.25) is 0 Å². The number of carbonyl (C=O) groups excluding carboxylic acids is 1. The van der Waals surface area contributed by atoms with Crippen LogP contribution in [0, 0.1) is 0 Å². The summed E-state index contributed by atoms with van der Waals surface area (Å²) in [6.07, 6.45) is 1.17. The van der Waals surface area contributed by atoms with Gasteiger partial charge in [0.1, 0.15) is 0 Å². The van der Waals surface area contributed by atoms with Crippen LogP contribution in [-0.4, -0.2) is 34.8 Å². The van der Waals surface area contributed by atoms with Crippen molar-refractivity contribution in [2.75, 3.05) is 18.0 Å². The smallest absolute Gasteiger partial charge is 0.226 e. The summed E-state index contributed by atoms with van der Waals surface area (Å²) in [5.41, 5.74) is 10.3. The number of amides is 1. The molecule has 168 valence electrons. The van der Waals surface area contributed by atoms with E-state index in [2.05, 4.69) is 4.98 Å². The highest BCUT2D eigenvalue weighted by Crippen LogP contribution is 2.31. The highest BCUT2D eigenvalue weighted by atomic mass is 16.3. The van der Waals surface area contributed by atoms with Crippen LogP contribution in [0.4, 0.5) is 11.4 Å². The van der Waals surface area contributed by atoms with Crippen LogP contribution < -0.4 is 10.6 Å². The van der Waals surface area contributed by atoms with Crippen molar-refractivity contribution >= 4 is 33.9 Å². The van der Waals surface area contributed by atoms with E-state index in [1.54, 1.807) is 4.90 Å². The van der Waals surface area contributed by atoms with Crippen molar-refractivity contribution in [2.24, 2.45) is 10.7 Å². The van der Waals surface area contributed by atoms with Crippen molar-refractivity contribution in [3.05, 3.63) is 90.0 Å². The van der Waals surface area contributed by atoms with Crippen LogP contribution in [0.15, 0.2) is 83.9 Å². The summed E-state index contributed by atoms with van der Waals surface area (Å²) in [4.78, 5) is 22.1. The number of fused-ring (bicyclic) bond motifs is 1. The quantitative estimate of drug-likeness (QED) is 0.331. The van der Waals surface area contributed by atoms with E-state index in [0.29, 0.717) is 30.8 Å². The Hall–Kier alpha value is -3.90. The molecule has 0 unspecified atom stereocenters. The molecule has 0 radical (unpaired) electrons. The van der Waals surface area contributed by atoms with E-state index in [9.17, 15) is 9.90 Å². The first-order valence-corrected chi connectivity index (χ1v) is 11.2. The van der Waals surface area contributed by atoms with Crippen LogP contribution >= 0.6 is 0 Å². The molecule has 33 heavy (non-hydrogen) atoms. The highest BCUT2D eigenvalue weighted by molar-refractivity contribution is 6.21. The Morgan fingerprint density at radius 1 is 1.00 bits per heavy atom. The first-order valence-electron chi connectivity index (χ1n) is 11.2. The number of rotatable bonds is 8. The molecular formula is C27H28N4O2. The molecule has 0 fully saturated rings.